The molecule has 0 fully saturated rings. The Bertz CT molecular complexity index is 726. The van der Waals surface area contributed by atoms with Crippen molar-refractivity contribution >= 4 is 17.2 Å². The summed E-state index contributed by atoms with van der Waals surface area (Å²) in [7, 11) is 1.62. The van der Waals surface area contributed by atoms with Gasteiger partial charge in [-0.15, -0.1) is 11.3 Å². The van der Waals surface area contributed by atoms with Crippen LogP contribution >= 0.6 is 11.3 Å². The van der Waals surface area contributed by atoms with Crippen molar-refractivity contribution in [3.05, 3.63) is 29.3 Å². The van der Waals surface area contributed by atoms with Crippen LogP contribution < -0.4 is 14.8 Å². The molecule has 0 radical (unpaired) electrons. The molecular formula is C20H28N2O3S. The molecule has 142 valence electrons. The summed E-state index contributed by atoms with van der Waals surface area (Å²) in [6.45, 7) is 9.77. The molecule has 0 bridgehead atoms. The maximum atomic E-state index is 12.2. The van der Waals surface area contributed by atoms with Gasteiger partial charge in [0.25, 0.3) is 5.91 Å². The molecule has 26 heavy (non-hydrogen) atoms. The van der Waals surface area contributed by atoms with Crippen molar-refractivity contribution in [3.63, 3.8) is 0 Å². The van der Waals surface area contributed by atoms with Crippen LogP contribution in [0.1, 0.15) is 44.6 Å². The van der Waals surface area contributed by atoms with Gasteiger partial charge in [0.15, 0.2) is 11.5 Å². The molecule has 1 aromatic heterocycles. The first-order valence-corrected chi connectivity index (χ1v) is 9.83. The number of nitrogens with zero attached hydrogens (tertiary/aromatic N) is 1. The second-order valence-electron chi connectivity index (χ2n) is 7.05. The van der Waals surface area contributed by atoms with E-state index in [1.807, 2.05) is 18.2 Å². The Morgan fingerprint density at radius 1 is 1.19 bits per heavy atom. The Labute approximate surface area is 159 Å². The lowest BCUT2D eigenvalue weighted by atomic mass is 10.1. The summed E-state index contributed by atoms with van der Waals surface area (Å²) in [5, 5.41) is 5.49. The summed E-state index contributed by atoms with van der Waals surface area (Å²) in [4.78, 5) is 16.7. The van der Waals surface area contributed by atoms with Gasteiger partial charge in [-0.2, -0.15) is 0 Å². The van der Waals surface area contributed by atoms with E-state index < -0.39 is 0 Å². The SMILES string of the molecule is COc1cc(-c2nc(C(=O)NCCC(C)C)cs2)ccc1OCC(C)C. The maximum absolute atomic E-state index is 12.2. The first kappa shape index (κ1) is 20.2. The van der Waals surface area contributed by atoms with Crippen molar-refractivity contribution in [2.45, 2.75) is 34.1 Å². The first-order chi connectivity index (χ1) is 12.4. The lowest BCUT2D eigenvalue weighted by Crippen LogP contribution is -2.25. The van der Waals surface area contributed by atoms with E-state index in [0.29, 0.717) is 42.2 Å². The average Bonchev–Trinajstić information content (AvgIpc) is 3.09. The number of thiazole rings is 1. The highest BCUT2D eigenvalue weighted by molar-refractivity contribution is 7.13. The number of carbonyl (C=O) groups is 1. The Morgan fingerprint density at radius 3 is 2.62 bits per heavy atom. The Morgan fingerprint density at radius 2 is 1.96 bits per heavy atom. The first-order valence-electron chi connectivity index (χ1n) is 8.95. The van der Waals surface area contributed by atoms with Crippen LogP contribution in [0.25, 0.3) is 10.6 Å². The van der Waals surface area contributed by atoms with Crippen LogP contribution in [0.15, 0.2) is 23.6 Å². The molecule has 1 N–H and O–H groups in total. The van der Waals surface area contributed by atoms with Crippen molar-refractivity contribution in [3.8, 4) is 22.1 Å². The van der Waals surface area contributed by atoms with Crippen LogP contribution in [0.3, 0.4) is 0 Å². The van der Waals surface area contributed by atoms with E-state index in [9.17, 15) is 4.79 Å². The minimum atomic E-state index is -0.128. The smallest absolute Gasteiger partial charge is 0.270 e. The fourth-order valence-corrected chi connectivity index (χ4v) is 3.05. The summed E-state index contributed by atoms with van der Waals surface area (Å²) < 4.78 is 11.2. The average molecular weight is 377 g/mol. The second-order valence-corrected chi connectivity index (χ2v) is 7.90. The molecule has 1 aromatic carbocycles. The van der Waals surface area contributed by atoms with Gasteiger partial charge in [-0.3, -0.25) is 4.79 Å². The summed E-state index contributed by atoms with van der Waals surface area (Å²) in [5.74, 6) is 2.26. The predicted molar refractivity (Wildman–Crippen MR) is 106 cm³/mol. The fourth-order valence-electron chi connectivity index (χ4n) is 2.25. The normalized spacial score (nSPS) is 11.0. The van der Waals surface area contributed by atoms with Crippen molar-refractivity contribution in [2.24, 2.45) is 11.8 Å². The van der Waals surface area contributed by atoms with Gasteiger partial charge in [0.2, 0.25) is 0 Å². The van der Waals surface area contributed by atoms with Crippen molar-refractivity contribution in [2.75, 3.05) is 20.3 Å². The molecule has 0 unspecified atom stereocenters. The number of methoxy groups -OCH3 is 1. The highest BCUT2D eigenvalue weighted by Crippen LogP contribution is 2.34. The van der Waals surface area contributed by atoms with Crippen LogP contribution in [0, 0.1) is 11.8 Å². The number of hydrogen-bond donors (Lipinski definition) is 1. The van der Waals surface area contributed by atoms with Crippen LogP contribution in [-0.2, 0) is 0 Å². The second kappa shape index (κ2) is 9.57. The molecule has 0 aliphatic carbocycles. The number of ether oxygens (including phenoxy) is 2. The molecule has 0 aliphatic heterocycles. The summed E-state index contributed by atoms with van der Waals surface area (Å²) in [6, 6.07) is 5.73. The highest BCUT2D eigenvalue weighted by Gasteiger charge is 2.14. The lowest BCUT2D eigenvalue weighted by molar-refractivity contribution is 0.0948. The zero-order chi connectivity index (χ0) is 19.1. The van der Waals surface area contributed by atoms with Crippen LogP contribution in [0.5, 0.6) is 11.5 Å². The van der Waals surface area contributed by atoms with E-state index in [0.717, 1.165) is 17.0 Å². The summed E-state index contributed by atoms with van der Waals surface area (Å²) in [5.41, 5.74) is 1.36. The predicted octanol–water partition coefficient (Wildman–Crippen LogP) is 4.63. The van der Waals surface area contributed by atoms with Gasteiger partial charge in [0.1, 0.15) is 10.7 Å². The Kier molecular flexibility index (Phi) is 7.45. The molecule has 0 aliphatic rings. The van der Waals surface area contributed by atoms with Gasteiger partial charge in [0.05, 0.1) is 13.7 Å². The number of nitrogens with one attached hydrogen (secondary N) is 1. The van der Waals surface area contributed by atoms with Crippen molar-refractivity contribution < 1.29 is 14.3 Å². The van der Waals surface area contributed by atoms with Gasteiger partial charge in [-0.1, -0.05) is 27.7 Å². The van der Waals surface area contributed by atoms with E-state index in [1.54, 1.807) is 12.5 Å². The molecular weight excluding hydrogens is 348 g/mol. The Balaban J connectivity index is 2.09. The van der Waals surface area contributed by atoms with E-state index in [2.05, 4.69) is 38.0 Å². The molecule has 1 heterocycles. The topological polar surface area (TPSA) is 60.5 Å². The molecule has 2 rings (SSSR count). The van der Waals surface area contributed by atoms with Gasteiger partial charge in [-0.25, -0.2) is 4.98 Å². The maximum Gasteiger partial charge on any atom is 0.270 e. The largest absolute Gasteiger partial charge is 0.493 e. The lowest BCUT2D eigenvalue weighted by Gasteiger charge is -2.13. The summed E-state index contributed by atoms with van der Waals surface area (Å²) >= 11 is 1.45. The van der Waals surface area contributed by atoms with Gasteiger partial charge < -0.3 is 14.8 Å². The molecule has 6 heteroatoms. The Hall–Kier alpha value is -2.08. The minimum Gasteiger partial charge on any atom is -0.493 e. The van der Waals surface area contributed by atoms with E-state index in [-0.39, 0.29) is 5.91 Å². The zero-order valence-corrected chi connectivity index (χ0v) is 17.0. The van der Waals surface area contributed by atoms with E-state index >= 15 is 0 Å². The third-order valence-electron chi connectivity index (χ3n) is 3.73. The monoisotopic (exact) mass is 376 g/mol. The van der Waals surface area contributed by atoms with Crippen LogP contribution in [0.2, 0.25) is 0 Å². The molecule has 0 saturated carbocycles. The summed E-state index contributed by atoms with van der Waals surface area (Å²) in [6.07, 6.45) is 0.956. The quantitative estimate of drug-likeness (QED) is 0.693. The minimum absolute atomic E-state index is 0.128. The molecule has 1 amide bonds. The zero-order valence-electron chi connectivity index (χ0n) is 16.2. The third kappa shape index (κ3) is 5.73. The van der Waals surface area contributed by atoms with Crippen molar-refractivity contribution in [1.82, 2.24) is 10.3 Å². The van der Waals surface area contributed by atoms with E-state index in [4.69, 9.17) is 9.47 Å². The number of amides is 1. The van der Waals surface area contributed by atoms with Crippen LogP contribution in [0.4, 0.5) is 0 Å². The number of hydrogen-bond acceptors (Lipinski definition) is 5. The van der Waals surface area contributed by atoms with Gasteiger partial charge in [0, 0.05) is 17.5 Å². The highest BCUT2D eigenvalue weighted by atomic mass is 32.1. The van der Waals surface area contributed by atoms with E-state index in [1.165, 1.54) is 11.3 Å². The molecule has 0 saturated heterocycles. The number of carbonyl (C=O) groups excluding carboxylic acids is 1. The number of rotatable bonds is 9. The third-order valence-corrected chi connectivity index (χ3v) is 4.62. The van der Waals surface area contributed by atoms with Gasteiger partial charge in [-0.05, 0) is 36.5 Å². The van der Waals surface area contributed by atoms with Crippen molar-refractivity contribution in [1.29, 1.82) is 0 Å². The molecule has 0 spiro atoms. The molecule has 5 nitrogen and oxygen atoms in total. The fraction of sp³-hybridized carbons (Fsp3) is 0.500. The number of benzene rings is 1. The standard InChI is InChI=1S/C20H28N2O3S/c1-13(2)8-9-21-19(23)16-12-26-20(22-16)15-6-7-17(18(10-15)24-5)25-11-14(3)4/h6-7,10,12-14H,8-9,11H2,1-5H3,(H,21,23). The molecule has 2 aromatic rings. The molecule has 0 atom stereocenters. The van der Waals surface area contributed by atoms with Crippen LogP contribution in [-0.4, -0.2) is 31.2 Å². The number of aromatic nitrogens is 1. The van der Waals surface area contributed by atoms with Gasteiger partial charge >= 0.3 is 0 Å².